The molecule has 2 atom stereocenters. The van der Waals surface area contributed by atoms with E-state index in [1.165, 1.54) is 17.5 Å². The van der Waals surface area contributed by atoms with Crippen molar-refractivity contribution >= 4 is 5.95 Å². The van der Waals surface area contributed by atoms with Gasteiger partial charge in [-0.25, -0.2) is 9.97 Å². The Morgan fingerprint density at radius 3 is 2.47 bits per heavy atom. The molecule has 0 aliphatic heterocycles. The van der Waals surface area contributed by atoms with Gasteiger partial charge in [-0.1, -0.05) is 31.2 Å². The van der Waals surface area contributed by atoms with Crippen LogP contribution in [0.4, 0.5) is 5.95 Å². The Bertz CT molecular complexity index is 562. The number of aryl methyl sites for hydroxylation is 1. The van der Waals surface area contributed by atoms with E-state index in [1.54, 1.807) is 0 Å². The molecule has 98 valence electrons. The molecule has 1 heterocycles. The third-order valence-corrected chi connectivity index (χ3v) is 3.87. The van der Waals surface area contributed by atoms with Crippen molar-refractivity contribution in [1.82, 2.24) is 9.97 Å². The Hall–Kier alpha value is -1.90. The Balaban J connectivity index is 1.86. The molecule has 0 amide bonds. The molecular weight excluding hydrogens is 234 g/mol. The highest BCUT2D eigenvalue weighted by Crippen LogP contribution is 2.38. The van der Waals surface area contributed by atoms with Gasteiger partial charge in [-0.15, -0.1) is 0 Å². The molecule has 0 bridgehead atoms. The second-order valence-electron chi connectivity index (χ2n) is 5.39. The molecule has 0 spiro atoms. The van der Waals surface area contributed by atoms with Crippen LogP contribution >= 0.6 is 0 Å². The van der Waals surface area contributed by atoms with Gasteiger partial charge in [0.1, 0.15) is 0 Å². The number of nitrogens with one attached hydrogen (secondary N) is 1. The van der Waals surface area contributed by atoms with E-state index in [0.717, 1.165) is 17.9 Å². The predicted octanol–water partition coefficient (Wildman–Crippen LogP) is 3.84. The van der Waals surface area contributed by atoms with Crippen LogP contribution in [0.15, 0.2) is 36.7 Å². The van der Waals surface area contributed by atoms with Crippen molar-refractivity contribution in [3.8, 4) is 0 Å². The van der Waals surface area contributed by atoms with Crippen LogP contribution in [0.25, 0.3) is 0 Å². The van der Waals surface area contributed by atoms with E-state index in [-0.39, 0.29) is 0 Å². The number of rotatable bonds is 2. The van der Waals surface area contributed by atoms with E-state index in [2.05, 4.69) is 46.5 Å². The molecule has 0 fully saturated rings. The van der Waals surface area contributed by atoms with Gasteiger partial charge in [0, 0.05) is 12.4 Å². The van der Waals surface area contributed by atoms with Gasteiger partial charge in [0.25, 0.3) is 0 Å². The predicted molar refractivity (Wildman–Crippen MR) is 77.2 cm³/mol. The molecule has 1 aromatic carbocycles. The molecule has 1 N–H and O–H groups in total. The maximum Gasteiger partial charge on any atom is 0.223 e. The zero-order valence-corrected chi connectivity index (χ0v) is 11.4. The topological polar surface area (TPSA) is 37.8 Å². The first-order chi connectivity index (χ1) is 9.24. The highest BCUT2D eigenvalue weighted by molar-refractivity contribution is 5.40. The van der Waals surface area contributed by atoms with Crippen LogP contribution in [0, 0.1) is 6.92 Å². The van der Waals surface area contributed by atoms with Crippen molar-refractivity contribution < 1.29 is 0 Å². The maximum absolute atomic E-state index is 4.34. The van der Waals surface area contributed by atoms with Crippen molar-refractivity contribution in [2.24, 2.45) is 0 Å². The smallest absolute Gasteiger partial charge is 0.223 e. The molecule has 3 heteroatoms. The van der Waals surface area contributed by atoms with Gasteiger partial charge < -0.3 is 5.32 Å². The summed E-state index contributed by atoms with van der Waals surface area (Å²) in [4.78, 5) is 8.68. The summed E-state index contributed by atoms with van der Waals surface area (Å²) in [6.45, 7) is 4.30. The molecule has 0 radical (unpaired) electrons. The van der Waals surface area contributed by atoms with Gasteiger partial charge in [-0.2, -0.15) is 0 Å². The molecule has 19 heavy (non-hydrogen) atoms. The van der Waals surface area contributed by atoms with Gasteiger partial charge in [0.2, 0.25) is 5.95 Å². The second-order valence-corrected chi connectivity index (χ2v) is 5.39. The van der Waals surface area contributed by atoms with Crippen molar-refractivity contribution in [3.63, 3.8) is 0 Å². The molecule has 3 rings (SSSR count). The Morgan fingerprint density at radius 2 is 1.74 bits per heavy atom. The Kier molecular flexibility index (Phi) is 3.20. The Labute approximate surface area is 114 Å². The van der Waals surface area contributed by atoms with Crippen LogP contribution in [0.1, 0.15) is 48.4 Å². The van der Waals surface area contributed by atoms with Gasteiger partial charge in [-0.3, -0.25) is 0 Å². The lowest BCUT2D eigenvalue weighted by Crippen LogP contribution is -2.20. The standard InChI is InChI=1S/C16H19N3/c1-11-9-17-16(18-10-11)19-15-8-7-12(2)13-5-3-4-6-14(13)15/h3-6,9-10,12,15H,7-8H2,1-2H3,(H,17,18,19). The fourth-order valence-corrected chi connectivity index (χ4v) is 2.78. The van der Waals surface area contributed by atoms with Gasteiger partial charge in [0.05, 0.1) is 6.04 Å². The minimum absolute atomic E-state index is 0.329. The monoisotopic (exact) mass is 253 g/mol. The normalized spacial score (nSPS) is 21.8. The summed E-state index contributed by atoms with van der Waals surface area (Å²) in [7, 11) is 0. The number of hydrogen-bond donors (Lipinski definition) is 1. The molecule has 0 saturated heterocycles. The molecule has 1 aromatic heterocycles. The van der Waals surface area contributed by atoms with Gasteiger partial charge in [0.15, 0.2) is 0 Å². The average Bonchev–Trinajstić information content (AvgIpc) is 2.45. The van der Waals surface area contributed by atoms with Crippen molar-refractivity contribution in [2.75, 3.05) is 5.32 Å². The summed E-state index contributed by atoms with van der Waals surface area (Å²) in [5.74, 6) is 1.37. The summed E-state index contributed by atoms with van der Waals surface area (Å²) in [6.07, 6.45) is 6.05. The van der Waals surface area contributed by atoms with Crippen LogP contribution < -0.4 is 5.32 Å². The number of fused-ring (bicyclic) bond motifs is 1. The van der Waals surface area contributed by atoms with Gasteiger partial charge >= 0.3 is 0 Å². The third kappa shape index (κ3) is 2.46. The van der Waals surface area contributed by atoms with Crippen molar-refractivity contribution in [3.05, 3.63) is 53.3 Å². The van der Waals surface area contributed by atoms with Crippen LogP contribution in [0.3, 0.4) is 0 Å². The minimum atomic E-state index is 0.329. The second kappa shape index (κ2) is 5.00. The van der Waals surface area contributed by atoms with Crippen LogP contribution in [-0.4, -0.2) is 9.97 Å². The number of hydrogen-bond acceptors (Lipinski definition) is 3. The Morgan fingerprint density at radius 1 is 1.05 bits per heavy atom. The quantitative estimate of drug-likeness (QED) is 0.883. The molecular formula is C16H19N3. The lowest BCUT2D eigenvalue weighted by molar-refractivity contribution is 0.532. The summed E-state index contributed by atoms with van der Waals surface area (Å²) in [5, 5.41) is 3.46. The number of anilines is 1. The van der Waals surface area contributed by atoms with E-state index in [0.29, 0.717) is 12.0 Å². The van der Waals surface area contributed by atoms with Crippen LogP contribution in [0.2, 0.25) is 0 Å². The highest BCUT2D eigenvalue weighted by Gasteiger charge is 2.24. The van der Waals surface area contributed by atoms with E-state index >= 15 is 0 Å². The maximum atomic E-state index is 4.34. The number of nitrogens with zero attached hydrogens (tertiary/aromatic N) is 2. The molecule has 0 saturated carbocycles. The fraction of sp³-hybridized carbons (Fsp3) is 0.375. The third-order valence-electron chi connectivity index (χ3n) is 3.87. The van der Waals surface area contributed by atoms with E-state index in [4.69, 9.17) is 0 Å². The summed E-state index contributed by atoms with van der Waals surface area (Å²) in [6, 6.07) is 9.03. The number of aromatic nitrogens is 2. The first kappa shape index (κ1) is 12.2. The van der Waals surface area contributed by atoms with Crippen molar-refractivity contribution in [1.29, 1.82) is 0 Å². The zero-order valence-electron chi connectivity index (χ0n) is 11.4. The fourth-order valence-electron chi connectivity index (χ4n) is 2.78. The van der Waals surface area contributed by atoms with Crippen molar-refractivity contribution in [2.45, 2.75) is 38.6 Å². The number of benzene rings is 1. The summed E-state index contributed by atoms with van der Waals surface area (Å²) in [5.41, 5.74) is 3.94. The molecule has 3 nitrogen and oxygen atoms in total. The largest absolute Gasteiger partial charge is 0.347 e. The SMILES string of the molecule is Cc1cnc(NC2CCC(C)c3ccccc32)nc1. The minimum Gasteiger partial charge on any atom is -0.347 e. The zero-order chi connectivity index (χ0) is 13.2. The first-order valence-electron chi connectivity index (χ1n) is 6.88. The highest BCUT2D eigenvalue weighted by atomic mass is 15.1. The van der Waals surface area contributed by atoms with E-state index in [1.807, 2.05) is 19.3 Å². The van der Waals surface area contributed by atoms with E-state index < -0.39 is 0 Å². The lowest BCUT2D eigenvalue weighted by Gasteiger charge is -2.30. The van der Waals surface area contributed by atoms with Crippen LogP contribution in [-0.2, 0) is 0 Å². The first-order valence-corrected chi connectivity index (χ1v) is 6.88. The molecule has 2 unspecified atom stereocenters. The van der Waals surface area contributed by atoms with Gasteiger partial charge in [-0.05, 0) is 42.4 Å². The molecule has 1 aliphatic carbocycles. The van der Waals surface area contributed by atoms with Crippen LogP contribution in [0.5, 0.6) is 0 Å². The molecule has 2 aromatic rings. The summed E-state index contributed by atoms with van der Waals surface area (Å²) >= 11 is 0. The lowest BCUT2D eigenvalue weighted by atomic mass is 9.81. The summed E-state index contributed by atoms with van der Waals surface area (Å²) < 4.78 is 0. The average molecular weight is 253 g/mol. The molecule has 1 aliphatic rings. The van der Waals surface area contributed by atoms with E-state index in [9.17, 15) is 0 Å².